The van der Waals surface area contributed by atoms with Crippen molar-refractivity contribution in [3.8, 4) is 0 Å². The molecule has 1 atom stereocenters. The summed E-state index contributed by atoms with van der Waals surface area (Å²) in [4.78, 5) is 58.8. The van der Waals surface area contributed by atoms with Gasteiger partial charge in [-0.1, -0.05) is 18.2 Å². The molecule has 1 aromatic rings. The Morgan fingerprint density at radius 1 is 1.26 bits per heavy atom. The molecule has 0 saturated carbocycles. The molecule has 4 rings (SSSR count). The van der Waals surface area contributed by atoms with Crippen molar-refractivity contribution in [2.45, 2.75) is 18.6 Å². The number of carbonyl (C=O) groups is 4. The molecule has 3 aliphatic rings. The van der Waals surface area contributed by atoms with Crippen LogP contribution in [0.4, 0.5) is 0 Å². The van der Waals surface area contributed by atoms with E-state index in [4.69, 9.17) is 9.99 Å². The second-order valence-electron chi connectivity index (χ2n) is 7.05. The molecular weight excluding hydrogens is 428 g/mol. The molecule has 0 aromatic carbocycles. The van der Waals surface area contributed by atoms with Crippen LogP contribution in [0.25, 0.3) is 0 Å². The molecule has 162 valence electrons. The van der Waals surface area contributed by atoms with E-state index in [9.17, 15) is 24.3 Å². The van der Waals surface area contributed by atoms with E-state index in [1.807, 2.05) is 0 Å². The fourth-order valence-electron chi connectivity index (χ4n) is 3.75. The van der Waals surface area contributed by atoms with E-state index in [0.29, 0.717) is 11.4 Å². The number of carboxylic acid groups (broad SMARTS) is 2. The molecule has 4 N–H and O–H groups in total. The number of Topliss-reactive ketones (excluding diaryl/α,β-unsaturated/α-hetero) is 1. The van der Waals surface area contributed by atoms with Gasteiger partial charge in [-0.3, -0.25) is 9.59 Å². The van der Waals surface area contributed by atoms with E-state index in [1.54, 1.807) is 12.1 Å². The summed E-state index contributed by atoms with van der Waals surface area (Å²) in [7, 11) is 0. The molecule has 1 aliphatic heterocycles. The van der Waals surface area contributed by atoms with Crippen LogP contribution in [0.3, 0.4) is 0 Å². The zero-order valence-corrected chi connectivity index (χ0v) is 16.9. The van der Waals surface area contributed by atoms with Gasteiger partial charge in [-0.2, -0.15) is 0 Å². The van der Waals surface area contributed by atoms with Crippen LogP contribution >= 0.6 is 11.3 Å². The fourth-order valence-corrected chi connectivity index (χ4v) is 4.84. The Labute approximate surface area is 179 Å². The molecule has 1 amide bonds. The van der Waals surface area contributed by atoms with Gasteiger partial charge in [0.05, 0.1) is 11.4 Å². The van der Waals surface area contributed by atoms with Crippen LogP contribution in [-0.4, -0.2) is 59.1 Å². The number of rotatable bonds is 9. The second kappa shape index (κ2) is 8.19. The average molecular weight is 446 g/mol. The lowest BCUT2D eigenvalue weighted by Crippen LogP contribution is -2.55. The zero-order chi connectivity index (χ0) is 22.2. The maximum absolute atomic E-state index is 12.7. The van der Waals surface area contributed by atoms with Crippen molar-refractivity contribution in [1.29, 1.82) is 0 Å². The quantitative estimate of drug-likeness (QED) is 0.311. The smallest absolute Gasteiger partial charge is 0.348 e. The molecule has 31 heavy (non-hydrogen) atoms. The highest BCUT2D eigenvalue weighted by molar-refractivity contribution is 7.14. The monoisotopic (exact) mass is 446 g/mol. The van der Waals surface area contributed by atoms with Crippen LogP contribution in [0, 0.1) is 0 Å². The zero-order valence-electron chi connectivity index (χ0n) is 16.1. The van der Waals surface area contributed by atoms with Crippen LogP contribution in [0.1, 0.15) is 20.1 Å². The highest BCUT2D eigenvalue weighted by atomic mass is 32.1. The van der Waals surface area contributed by atoms with E-state index >= 15 is 0 Å². The number of hydrogen-bond donors (Lipinski definition) is 4. The average Bonchev–Trinajstić information content (AvgIpc) is 3.19. The third-order valence-corrected chi connectivity index (χ3v) is 6.38. The van der Waals surface area contributed by atoms with Gasteiger partial charge in [0.1, 0.15) is 0 Å². The Kier molecular flexibility index (Phi) is 5.58. The minimum atomic E-state index is -2.07. The maximum atomic E-state index is 12.7. The third kappa shape index (κ3) is 3.61. The molecule has 1 unspecified atom stereocenters. The van der Waals surface area contributed by atoms with Crippen molar-refractivity contribution in [2.24, 2.45) is 0 Å². The second-order valence-corrected chi connectivity index (χ2v) is 8.18. The third-order valence-electron chi connectivity index (χ3n) is 5.14. The van der Waals surface area contributed by atoms with Crippen molar-refractivity contribution in [2.75, 3.05) is 19.7 Å². The SMILES string of the molecule is O=C(O)COOC1(C(=O)O)c2cccc1c2C(=O)CNC(=O)c1cc2c(s1)CCNC2. The minimum Gasteiger partial charge on any atom is -0.479 e. The van der Waals surface area contributed by atoms with Gasteiger partial charge in [0.2, 0.25) is 0 Å². The molecule has 0 fully saturated rings. The number of hydrogen-bond acceptors (Lipinski definition) is 8. The summed E-state index contributed by atoms with van der Waals surface area (Å²) >= 11 is 1.39. The van der Waals surface area contributed by atoms with Crippen LogP contribution in [0.15, 0.2) is 41.0 Å². The Morgan fingerprint density at radius 3 is 2.71 bits per heavy atom. The lowest BCUT2D eigenvalue weighted by molar-refractivity contribution is -0.334. The van der Waals surface area contributed by atoms with Crippen molar-refractivity contribution >= 4 is 35.0 Å². The van der Waals surface area contributed by atoms with Crippen molar-refractivity contribution in [3.05, 3.63) is 56.3 Å². The lowest BCUT2D eigenvalue weighted by atomic mass is 9.64. The summed E-state index contributed by atoms with van der Waals surface area (Å²) in [5, 5.41) is 24.1. The van der Waals surface area contributed by atoms with E-state index < -0.39 is 29.9 Å². The number of aliphatic carboxylic acids is 2. The number of allylic oxidation sites excluding steroid dienone is 2. The topological polar surface area (TPSA) is 151 Å². The molecule has 0 spiro atoms. The van der Waals surface area contributed by atoms with Gasteiger partial charge in [-0.25, -0.2) is 19.4 Å². The molecule has 11 heteroatoms. The predicted molar refractivity (Wildman–Crippen MR) is 106 cm³/mol. The first-order valence-corrected chi connectivity index (χ1v) is 10.2. The number of carboxylic acids is 2. The van der Waals surface area contributed by atoms with Gasteiger partial charge in [0.25, 0.3) is 11.5 Å². The Balaban J connectivity index is 1.46. The first-order valence-electron chi connectivity index (χ1n) is 9.38. The maximum Gasteiger partial charge on any atom is 0.348 e. The summed E-state index contributed by atoms with van der Waals surface area (Å²) < 4.78 is 0. The number of carbonyl (C=O) groups excluding carboxylic acids is 2. The lowest BCUT2D eigenvalue weighted by Gasteiger charge is -2.43. The largest absolute Gasteiger partial charge is 0.479 e. The molecule has 2 bridgehead atoms. The minimum absolute atomic E-state index is 0.0415. The summed E-state index contributed by atoms with van der Waals surface area (Å²) in [5.41, 5.74) is -0.802. The highest BCUT2D eigenvalue weighted by Crippen LogP contribution is 2.50. The molecule has 0 saturated heterocycles. The Hall–Kier alpha value is -3.12. The summed E-state index contributed by atoms with van der Waals surface area (Å²) in [6.07, 6.45) is 5.18. The van der Waals surface area contributed by atoms with Crippen LogP contribution in [-0.2, 0) is 37.1 Å². The standard InChI is InChI=1S/C20H18N2O8S/c23-13(8-22-18(26)15-6-10-7-21-5-4-14(10)31-15)17-11-2-1-3-12(17)20(11,19(27)28)30-29-9-16(24)25/h1-3,6,21H,4-5,7-9H2,(H,22,26)(H,24,25)(H,27,28). The van der Waals surface area contributed by atoms with Gasteiger partial charge in [-0.05, 0) is 18.1 Å². The van der Waals surface area contributed by atoms with Crippen LogP contribution < -0.4 is 10.6 Å². The number of amides is 1. The van der Waals surface area contributed by atoms with Crippen molar-refractivity contribution in [3.63, 3.8) is 0 Å². The number of ketones is 1. The van der Waals surface area contributed by atoms with Crippen LogP contribution in [0.2, 0.25) is 0 Å². The fraction of sp³-hybridized carbons (Fsp3) is 0.300. The van der Waals surface area contributed by atoms with E-state index in [1.165, 1.54) is 23.5 Å². The van der Waals surface area contributed by atoms with Gasteiger partial charge in [-0.15, -0.1) is 11.3 Å². The normalized spacial score (nSPS) is 21.1. The summed E-state index contributed by atoms with van der Waals surface area (Å²) in [5.74, 6) is -3.64. The predicted octanol–water partition coefficient (Wildman–Crippen LogP) is 0.355. The van der Waals surface area contributed by atoms with Gasteiger partial charge >= 0.3 is 11.9 Å². The molecule has 0 radical (unpaired) electrons. The molecule has 10 nitrogen and oxygen atoms in total. The molecule has 1 aromatic heterocycles. The van der Waals surface area contributed by atoms with Gasteiger partial charge < -0.3 is 20.8 Å². The molecular formula is C20H18N2O8S. The highest BCUT2D eigenvalue weighted by Gasteiger charge is 2.60. The molecule has 2 aliphatic carbocycles. The number of fused-ring (bicyclic) bond motifs is 3. The van der Waals surface area contributed by atoms with Gasteiger partial charge in [0, 0.05) is 34.7 Å². The number of thiophene rings is 1. The first kappa shape index (κ1) is 21.1. The Morgan fingerprint density at radius 2 is 2.06 bits per heavy atom. The summed E-state index contributed by atoms with van der Waals surface area (Å²) in [6, 6.07) is 1.81. The Bertz CT molecular complexity index is 1060. The first-order chi connectivity index (χ1) is 14.8. The van der Waals surface area contributed by atoms with E-state index in [-0.39, 0.29) is 29.2 Å². The van der Waals surface area contributed by atoms with Crippen LogP contribution in [0.5, 0.6) is 0 Å². The van der Waals surface area contributed by atoms with Crippen molar-refractivity contribution < 1.29 is 39.2 Å². The van der Waals surface area contributed by atoms with Crippen molar-refractivity contribution in [1.82, 2.24) is 10.6 Å². The number of nitrogens with one attached hydrogen (secondary N) is 2. The van der Waals surface area contributed by atoms with E-state index in [0.717, 1.165) is 23.4 Å². The summed E-state index contributed by atoms with van der Waals surface area (Å²) in [6.45, 7) is 0.375. The van der Waals surface area contributed by atoms with E-state index in [2.05, 4.69) is 15.5 Å². The van der Waals surface area contributed by atoms with Gasteiger partial charge in [0.15, 0.2) is 12.4 Å². The molecule has 2 heterocycles.